The van der Waals surface area contributed by atoms with Crippen molar-refractivity contribution in [2.75, 3.05) is 0 Å². The van der Waals surface area contributed by atoms with Crippen LogP contribution in [0.3, 0.4) is 0 Å². The summed E-state index contributed by atoms with van der Waals surface area (Å²) < 4.78 is 5.97. The van der Waals surface area contributed by atoms with Gasteiger partial charge in [-0.15, -0.1) is 0 Å². The molecule has 0 radical (unpaired) electrons. The number of para-hydroxylation sites is 1. The Morgan fingerprint density at radius 1 is 1.13 bits per heavy atom. The van der Waals surface area contributed by atoms with Crippen LogP contribution in [0.4, 0.5) is 0 Å². The summed E-state index contributed by atoms with van der Waals surface area (Å²) in [4.78, 5) is 0. The maximum atomic E-state index is 5.97. The van der Waals surface area contributed by atoms with Gasteiger partial charge >= 0.3 is 0 Å². The highest BCUT2D eigenvalue weighted by atomic mass is 16.5. The average Bonchev–Trinajstić information content (AvgIpc) is 2.27. The Morgan fingerprint density at radius 2 is 1.87 bits per heavy atom. The van der Waals surface area contributed by atoms with Crippen LogP contribution < -0.4 is 4.74 Å². The Balaban J connectivity index is 2.19. The highest BCUT2D eigenvalue weighted by Crippen LogP contribution is 2.29. The first-order valence-corrected chi connectivity index (χ1v) is 5.62. The first-order chi connectivity index (χ1) is 7.18. The smallest absolute Gasteiger partial charge is 0.127 e. The number of rotatable bonds is 2. The molecule has 1 heterocycles. The van der Waals surface area contributed by atoms with E-state index in [0.29, 0.717) is 11.8 Å². The monoisotopic (exact) mass is 202 g/mol. The maximum absolute atomic E-state index is 5.97. The third kappa shape index (κ3) is 2.06. The number of ether oxygens (including phenoxy) is 1. The highest BCUT2D eigenvalue weighted by molar-refractivity contribution is 5.59. The molecule has 2 rings (SSSR count). The molecular weight excluding hydrogens is 184 g/mol. The minimum absolute atomic E-state index is 0.222. The van der Waals surface area contributed by atoms with Crippen LogP contribution in [-0.2, 0) is 0 Å². The van der Waals surface area contributed by atoms with Crippen molar-refractivity contribution in [2.45, 2.75) is 26.9 Å². The van der Waals surface area contributed by atoms with E-state index in [1.165, 1.54) is 5.56 Å². The molecule has 15 heavy (non-hydrogen) atoms. The zero-order valence-corrected chi connectivity index (χ0v) is 9.60. The molecule has 0 saturated heterocycles. The van der Waals surface area contributed by atoms with Crippen molar-refractivity contribution in [1.82, 2.24) is 0 Å². The Labute approximate surface area is 91.8 Å². The third-order valence-corrected chi connectivity index (χ3v) is 3.22. The van der Waals surface area contributed by atoms with Crippen LogP contribution in [0.2, 0.25) is 0 Å². The lowest BCUT2D eigenvalue weighted by Crippen LogP contribution is -2.28. The summed E-state index contributed by atoms with van der Waals surface area (Å²) in [6, 6.07) is 8.19. The van der Waals surface area contributed by atoms with Gasteiger partial charge in [-0.05, 0) is 24.0 Å². The van der Waals surface area contributed by atoms with E-state index in [0.717, 1.165) is 5.75 Å². The molecular formula is C14H18O. The van der Waals surface area contributed by atoms with Crippen molar-refractivity contribution in [3.63, 3.8) is 0 Å². The fourth-order valence-electron chi connectivity index (χ4n) is 1.77. The van der Waals surface area contributed by atoms with E-state index in [4.69, 9.17) is 4.74 Å². The van der Waals surface area contributed by atoms with E-state index in [1.807, 2.05) is 18.2 Å². The molecule has 0 saturated carbocycles. The quantitative estimate of drug-likeness (QED) is 0.709. The summed E-state index contributed by atoms with van der Waals surface area (Å²) >= 11 is 0. The molecule has 0 bridgehead atoms. The third-order valence-electron chi connectivity index (χ3n) is 3.22. The second-order valence-electron chi connectivity index (χ2n) is 4.58. The predicted molar refractivity (Wildman–Crippen MR) is 63.9 cm³/mol. The summed E-state index contributed by atoms with van der Waals surface area (Å²) in [5.41, 5.74) is 1.18. The van der Waals surface area contributed by atoms with Gasteiger partial charge in [0.05, 0.1) is 0 Å². The normalized spacial score (nSPS) is 20.9. The van der Waals surface area contributed by atoms with Crippen molar-refractivity contribution < 1.29 is 4.74 Å². The minimum atomic E-state index is 0.222. The lowest BCUT2D eigenvalue weighted by Gasteiger charge is -2.28. The van der Waals surface area contributed by atoms with E-state index < -0.39 is 0 Å². The molecule has 1 nitrogen and oxygen atoms in total. The molecule has 0 fully saturated rings. The number of hydrogen-bond acceptors (Lipinski definition) is 1. The fourth-order valence-corrected chi connectivity index (χ4v) is 1.77. The SMILES string of the molecule is CC(C)C(C)C1C=Cc2ccccc2O1. The zero-order valence-electron chi connectivity index (χ0n) is 9.60. The molecule has 2 unspecified atom stereocenters. The van der Waals surface area contributed by atoms with Gasteiger partial charge in [0.15, 0.2) is 0 Å². The van der Waals surface area contributed by atoms with Crippen LogP contribution in [0.25, 0.3) is 6.08 Å². The second kappa shape index (κ2) is 4.09. The fraction of sp³-hybridized carbons (Fsp3) is 0.429. The van der Waals surface area contributed by atoms with Crippen LogP contribution in [-0.4, -0.2) is 6.10 Å². The van der Waals surface area contributed by atoms with Gasteiger partial charge in [0.25, 0.3) is 0 Å². The van der Waals surface area contributed by atoms with Gasteiger partial charge < -0.3 is 4.74 Å². The Hall–Kier alpha value is -1.24. The molecule has 0 amide bonds. The van der Waals surface area contributed by atoms with Crippen LogP contribution in [0.15, 0.2) is 30.3 Å². The van der Waals surface area contributed by atoms with Gasteiger partial charge in [-0.25, -0.2) is 0 Å². The van der Waals surface area contributed by atoms with E-state index >= 15 is 0 Å². The van der Waals surface area contributed by atoms with Gasteiger partial charge in [0.2, 0.25) is 0 Å². The second-order valence-corrected chi connectivity index (χ2v) is 4.58. The van der Waals surface area contributed by atoms with Crippen molar-refractivity contribution >= 4 is 6.08 Å². The molecule has 1 aromatic carbocycles. The van der Waals surface area contributed by atoms with Crippen LogP contribution >= 0.6 is 0 Å². The molecule has 1 aromatic rings. The standard InChI is InChI=1S/C14H18O/c1-10(2)11(3)13-9-8-12-6-4-5-7-14(12)15-13/h4-11,13H,1-3H3. The summed E-state index contributed by atoms with van der Waals surface area (Å²) in [7, 11) is 0. The molecule has 0 aromatic heterocycles. The summed E-state index contributed by atoms with van der Waals surface area (Å²) in [6.45, 7) is 6.72. The minimum Gasteiger partial charge on any atom is -0.485 e. The first-order valence-electron chi connectivity index (χ1n) is 5.62. The van der Waals surface area contributed by atoms with Crippen molar-refractivity contribution in [3.8, 4) is 5.75 Å². The number of benzene rings is 1. The molecule has 2 atom stereocenters. The van der Waals surface area contributed by atoms with Gasteiger partial charge in [0, 0.05) is 5.56 Å². The van der Waals surface area contributed by atoms with Crippen LogP contribution in [0.5, 0.6) is 5.75 Å². The molecule has 0 spiro atoms. The molecule has 80 valence electrons. The lowest BCUT2D eigenvalue weighted by atomic mass is 9.90. The predicted octanol–water partition coefficient (Wildman–Crippen LogP) is 3.75. The van der Waals surface area contributed by atoms with Crippen LogP contribution in [0, 0.1) is 11.8 Å². The largest absolute Gasteiger partial charge is 0.485 e. The van der Waals surface area contributed by atoms with E-state index in [1.54, 1.807) is 0 Å². The van der Waals surface area contributed by atoms with Gasteiger partial charge in [-0.1, -0.05) is 45.0 Å². The average molecular weight is 202 g/mol. The Bertz CT molecular complexity index is 365. The molecule has 0 aliphatic carbocycles. The van der Waals surface area contributed by atoms with Gasteiger partial charge in [-0.2, -0.15) is 0 Å². The summed E-state index contributed by atoms with van der Waals surface area (Å²) in [5.74, 6) is 2.21. The zero-order chi connectivity index (χ0) is 10.8. The maximum Gasteiger partial charge on any atom is 0.127 e. The van der Waals surface area contributed by atoms with E-state index in [9.17, 15) is 0 Å². The van der Waals surface area contributed by atoms with Crippen molar-refractivity contribution in [3.05, 3.63) is 35.9 Å². The van der Waals surface area contributed by atoms with Gasteiger partial charge in [0.1, 0.15) is 11.9 Å². The van der Waals surface area contributed by atoms with Crippen molar-refractivity contribution in [1.29, 1.82) is 0 Å². The summed E-state index contributed by atoms with van der Waals surface area (Å²) in [5, 5.41) is 0. The van der Waals surface area contributed by atoms with Gasteiger partial charge in [-0.3, -0.25) is 0 Å². The molecule has 1 aliphatic rings. The number of hydrogen-bond donors (Lipinski definition) is 0. The topological polar surface area (TPSA) is 9.23 Å². The van der Waals surface area contributed by atoms with Crippen molar-refractivity contribution in [2.24, 2.45) is 11.8 Å². The lowest BCUT2D eigenvalue weighted by molar-refractivity contribution is 0.154. The van der Waals surface area contributed by atoms with E-state index in [2.05, 4.69) is 39.0 Å². The highest BCUT2D eigenvalue weighted by Gasteiger charge is 2.22. The first kappa shape index (κ1) is 10.3. The molecule has 1 aliphatic heterocycles. The molecule has 0 N–H and O–H groups in total. The molecule has 1 heteroatoms. The summed E-state index contributed by atoms with van der Waals surface area (Å²) in [6.07, 6.45) is 4.56. The Kier molecular flexibility index (Phi) is 2.81. The van der Waals surface area contributed by atoms with Crippen LogP contribution in [0.1, 0.15) is 26.3 Å². The Morgan fingerprint density at radius 3 is 2.60 bits per heavy atom. The van der Waals surface area contributed by atoms with E-state index in [-0.39, 0.29) is 6.10 Å². The number of fused-ring (bicyclic) bond motifs is 1.